The summed E-state index contributed by atoms with van der Waals surface area (Å²) in [6.45, 7) is 6.63. The predicted molar refractivity (Wildman–Crippen MR) is 90.3 cm³/mol. The van der Waals surface area contributed by atoms with Crippen molar-refractivity contribution in [2.24, 2.45) is 11.7 Å². The van der Waals surface area contributed by atoms with E-state index >= 15 is 0 Å². The lowest BCUT2D eigenvalue weighted by Gasteiger charge is -2.37. The smallest absolute Gasteiger partial charge is 0.240 e. The van der Waals surface area contributed by atoms with Crippen molar-refractivity contribution >= 4 is 5.91 Å². The number of rotatable bonds is 5. The lowest BCUT2D eigenvalue weighted by atomic mass is 9.98. The average molecular weight is 303 g/mol. The Morgan fingerprint density at radius 3 is 2.41 bits per heavy atom. The summed E-state index contributed by atoms with van der Waals surface area (Å²) < 4.78 is 0. The summed E-state index contributed by atoms with van der Waals surface area (Å²) in [5, 5.41) is 0. The average Bonchev–Trinajstić information content (AvgIpc) is 2.48. The van der Waals surface area contributed by atoms with Crippen LogP contribution in [0.2, 0.25) is 0 Å². The van der Waals surface area contributed by atoms with Crippen molar-refractivity contribution in [1.29, 1.82) is 0 Å². The van der Waals surface area contributed by atoms with Gasteiger partial charge < -0.3 is 10.6 Å². The molecule has 1 unspecified atom stereocenters. The van der Waals surface area contributed by atoms with Gasteiger partial charge in [0.25, 0.3) is 0 Å². The number of nitrogens with two attached hydrogens (primary N) is 1. The van der Waals surface area contributed by atoms with Crippen molar-refractivity contribution < 1.29 is 4.79 Å². The number of benzene rings is 1. The maximum atomic E-state index is 12.9. The Morgan fingerprint density at radius 1 is 1.27 bits per heavy atom. The molecule has 4 heteroatoms. The Labute approximate surface area is 134 Å². The van der Waals surface area contributed by atoms with Crippen LogP contribution in [0.4, 0.5) is 0 Å². The molecular weight excluding hydrogens is 274 g/mol. The summed E-state index contributed by atoms with van der Waals surface area (Å²) in [4.78, 5) is 17.1. The van der Waals surface area contributed by atoms with Gasteiger partial charge in [-0.15, -0.1) is 0 Å². The van der Waals surface area contributed by atoms with Gasteiger partial charge in [-0.3, -0.25) is 9.69 Å². The second-order valence-electron chi connectivity index (χ2n) is 6.75. The molecule has 0 aliphatic carbocycles. The fourth-order valence-corrected chi connectivity index (χ4v) is 3.26. The fraction of sp³-hybridized carbons (Fsp3) is 0.611. The highest BCUT2D eigenvalue weighted by molar-refractivity contribution is 5.82. The molecular formula is C18H29N3O. The van der Waals surface area contributed by atoms with E-state index < -0.39 is 0 Å². The molecule has 1 amide bonds. The molecule has 1 aromatic rings. The van der Waals surface area contributed by atoms with Gasteiger partial charge in [0.1, 0.15) is 0 Å². The van der Waals surface area contributed by atoms with E-state index in [0.29, 0.717) is 0 Å². The van der Waals surface area contributed by atoms with E-state index in [4.69, 9.17) is 5.73 Å². The maximum Gasteiger partial charge on any atom is 0.240 e. The molecule has 122 valence electrons. The fourth-order valence-electron chi connectivity index (χ4n) is 3.26. The number of piperidine rings is 1. The van der Waals surface area contributed by atoms with Crippen LogP contribution in [0.25, 0.3) is 0 Å². The third kappa shape index (κ3) is 4.31. The standard InChI is InChI=1S/C18H29N3O/c1-14(2)17(18(22)21-11-9-16(19)10-12-21)20(3)13-15-7-5-4-6-8-15/h4-8,14,16-17H,9-13,19H2,1-3H3. The number of likely N-dealkylation sites (N-methyl/N-ethyl adjacent to an activating group) is 1. The third-order valence-corrected chi connectivity index (χ3v) is 4.49. The van der Waals surface area contributed by atoms with E-state index in [1.807, 2.05) is 30.1 Å². The van der Waals surface area contributed by atoms with Crippen molar-refractivity contribution in [3.05, 3.63) is 35.9 Å². The van der Waals surface area contributed by atoms with E-state index in [1.165, 1.54) is 5.56 Å². The number of hydrogen-bond acceptors (Lipinski definition) is 3. The Morgan fingerprint density at radius 2 is 1.86 bits per heavy atom. The van der Waals surface area contributed by atoms with Crippen molar-refractivity contribution in [3.8, 4) is 0 Å². The van der Waals surface area contributed by atoms with Crippen LogP contribution in [-0.2, 0) is 11.3 Å². The molecule has 0 aromatic heterocycles. The minimum absolute atomic E-state index is 0.0745. The highest BCUT2D eigenvalue weighted by atomic mass is 16.2. The molecule has 22 heavy (non-hydrogen) atoms. The molecule has 4 nitrogen and oxygen atoms in total. The van der Waals surface area contributed by atoms with Crippen LogP contribution in [0.15, 0.2) is 30.3 Å². The third-order valence-electron chi connectivity index (χ3n) is 4.49. The van der Waals surface area contributed by atoms with Crippen LogP contribution in [0, 0.1) is 5.92 Å². The first kappa shape index (κ1) is 17.0. The minimum atomic E-state index is -0.0745. The zero-order chi connectivity index (χ0) is 16.1. The molecule has 1 saturated heterocycles. The molecule has 1 aliphatic heterocycles. The number of nitrogens with zero attached hydrogens (tertiary/aromatic N) is 2. The first-order valence-electron chi connectivity index (χ1n) is 8.27. The van der Waals surface area contributed by atoms with Crippen molar-refractivity contribution in [2.45, 2.75) is 45.3 Å². The van der Waals surface area contributed by atoms with E-state index in [2.05, 4.69) is 30.9 Å². The Bertz CT molecular complexity index is 466. The van der Waals surface area contributed by atoms with Gasteiger partial charge in [-0.05, 0) is 31.4 Å². The summed E-state index contributed by atoms with van der Waals surface area (Å²) >= 11 is 0. The van der Waals surface area contributed by atoms with Crippen LogP contribution in [0.5, 0.6) is 0 Å². The van der Waals surface area contributed by atoms with E-state index in [-0.39, 0.29) is 23.9 Å². The number of hydrogen-bond donors (Lipinski definition) is 1. The second-order valence-corrected chi connectivity index (χ2v) is 6.75. The molecule has 0 saturated carbocycles. The molecule has 1 heterocycles. The number of carbonyl (C=O) groups is 1. The van der Waals surface area contributed by atoms with Crippen LogP contribution in [0.1, 0.15) is 32.3 Å². The summed E-state index contributed by atoms with van der Waals surface area (Å²) in [6.07, 6.45) is 1.83. The topological polar surface area (TPSA) is 49.6 Å². The van der Waals surface area contributed by atoms with E-state index in [1.54, 1.807) is 0 Å². The summed E-state index contributed by atoms with van der Waals surface area (Å²) in [7, 11) is 2.05. The van der Waals surface area contributed by atoms with Gasteiger partial charge in [0, 0.05) is 25.7 Å². The molecule has 2 rings (SSSR count). The highest BCUT2D eigenvalue weighted by Gasteiger charge is 2.32. The summed E-state index contributed by atoms with van der Waals surface area (Å²) in [5.74, 6) is 0.539. The van der Waals surface area contributed by atoms with Crippen molar-refractivity contribution in [1.82, 2.24) is 9.80 Å². The molecule has 1 aliphatic rings. The molecule has 1 fully saturated rings. The monoisotopic (exact) mass is 303 g/mol. The predicted octanol–water partition coefficient (Wildman–Crippen LogP) is 2.09. The summed E-state index contributed by atoms with van der Waals surface area (Å²) in [5.41, 5.74) is 7.19. The number of carbonyl (C=O) groups excluding carboxylic acids is 1. The largest absolute Gasteiger partial charge is 0.341 e. The molecule has 0 spiro atoms. The Hall–Kier alpha value is -1.39. The van der Waals surface area contributed by atoms with E-state index in [9.17, 15) is 4.79 Å². The van der Waals surface area contributed by atoms with Crippen LogP contribution >= 0.6 is 0 Å². The van der Waals surface area contributed by atoms with Gasteiger partial charge in [-0.25, -0.2) is 0 Å². The van der Waals surface area contributed by atoms with Crippen LogP contribution < -0.4 is 5.73 Å². The number of amides is 1. The minimum Gasteiger partial charge on any atom is -0.341 e. The molecule has 2 N–H and O–H groups in total. The number of likely N-dealkylation sites (tertiary alicyclic amines) is 1. The quantitative estimate of drug-likeness (QED) is 0.906. The maximum absolute atomic E-state index is 12.9. The molecule has 0 radical (unpaired) electrons. The Balaban J connectivity index is 2.03. The molecule has 0 bridgehead atoms. The van der Waals surface area contributed by atoms with Gasteiger partial charge in [0.05, 0.1) is 6.04 Å². The highest BCUT2D eigenvalue weighted by Crippen LogP contribution is 2.18. The summed E-state index contributed by atoms with van der Waals surface area (Å²) in [6, 6.07) is 10.5. The zero-order valence-corrected chi connectivity index (χ0v) is 14.0. The molecule has 1 atom stereocenters. The van der Waals surface area contributed by atoms with Gasteiger partial charge in [0.15, 0.2) is 0 Å². The van der Waals surface area contributed by atoms with Gasteiger partial charge in [0.2, 0.25) is 5.91 Å². The Kier molecular flexibility index (Phi) is 5.98. The SMILES string of the molecule is CC(C)C(C(=O)N1CCC(N)CC1)N(C)Cc1ccccc1. The first-order chi connectivity index (χ1) is 10.5. The molecule has 1 aromatic carbocycles. The zero-order valence-electron chi connectivity index (χ0n) is 14.0. The van der Waals surface area contributed by atoms with E-state index in [0.717, 1.165) is 32.5 Å². The van der Waals surface area contributed by atoms with Crippen molar-refractivity contribution in [3.63, 3.8) is 0 Å². The first-order valence-corrected chi connectivity index (χ1v) is 8.27. The van der Waals surface area contributed by atoms with Gasteiger partial charge in [-0.2, -0.15) is 0 Å². The lowest BCUT2D eigenvalue weighted by Crippen LogP contribution is -2.52. The normalized spacial score (nSPS) is 18.0. The van der Waals surface area contributed by atoms with Crippen molar-refractivity contribution in [2.75, 3.05) is 20.1 Å². The lowest BCUT2D eigenvalue weighted by molar-refractivity contribution is -0.139. The van der Waals surface area contributed by atoms with Gasteiger partial charge >= 0.3 is 0 Å². The van der Waals surface area contributed by atoms with Crippen LogP contribution in [0.3, 0.4) is 0 Å². The van der Waals surface area contributed by atoms with Crippen LogP contribution in [-0.4, -0.2) is 47.9 Å². The second kappa shape index (κ2) is 7.75. The van der Waals surface area contributed by atoms with Gasteiger partial charge in [-0.1, -0.05) is 44.2 Å².